The predicted octanol–water partition coefficient (Wildman–Crippen LogP) is 4.81. The smallest absolute Gasteiger partial charge is 0.230 e. The molecule has 5 nitrogen and oxygen atoms in total. The van der Waals surface area contributed by atoms with E-state index in [1.54, 1.807) is 24.3 Å². The van der Waals surface area contributed by atoms with Crippen LogP contribution >= 0.6 is 0 Å². The Bertz CT molecular complexity index is 444. The first-order valence-electron chi connectivity index (χ1n) is 7.87. The average Bonchev–Trinajstić information content (AvgIpc) is 2.67. The van der Waals surface area contributed by atoms with Gasteiger partial charge < -0.3 is 11.5 Å². The van der Waals surface area contributed by atoms with Gasteiger partial charge in [0, 0.05) is 0 Å². The second kappa shape index (κ2) is 25.4. The van der Waals surface area contributed by atoms with Crippen LogP contribution in [0.25, 0.3) is 6.08 Å². The molecule has 0 bridgehead atoms. The number of hydrogen-bond acceptors (Lipinski definition) is 4. The maximum Gasteiger partial charge on any atom is 0.230 e. The average molecular weight is 338 g/mol. The monoisotopic (exact) mass is 337 g/mol. The van der Waals surface area contributed by atoms with E-state index in [-0.39, 0.29) is 6.41 Å². The highest BCUT2D eigenvalue weighted by Crippen LogP contribution is 2.16. The van der Waals surface area contributed by atoms with E-state index in [1.165, 1.54) is 5.48 Å². The molecule has 24 heavy (non-hydrogen) atoms. The molecule has 1 rings (SSSR count). The Morgan fingerprint density at radius 1 is 1.17 bits per heavy atom. The first kappa shape index (κ1) is 29.5. The van der Waals surface area contributed by atoms with Crippen LogP contribution in [0, 0.1) is 0 Å². The molecule has 0 radical (unpaired) electrons. The molecular formula is C19H35N3O2. The number of nitrogen functional groups attached to an aromatic ring is 2. The van der Waals surface area contributed by atoms with Crippen molar-refractivity contribution in [2.75, 3.05) is 11.5 Å². The number of hydrogen-bond donors (Lipinski definition) is 4. The van der Waals surface area contributed by atoms with Crippen molar-refractivity contribution in [1.29, 1.82) is 0 Å². The summed E-state index contributed by atoms with van der Waals surface area (Å²) in [5.41, 5.74) is 15.6. The van der Waals surface area contributed by atoms with Crippen LogP contribution in [0.4, 0.5) is 11.4 Å². The zero-order chi connectivity index (χ0) is 20.0. The molecule has 5 heteroatoms. The number of anilines is 2. The lowest BCUT2D eigenvalue weighted by atomic mass is 10.2. The van der Waals surface area contributed by atoms with Crippen molar-refractivity contribution in [2.45, 2.75) is 41.0 Å². The molecule has 0 aliphatic carbocycles. The van der Waals surface area contributed by atoms with E-state index in [2.05, 4.69) is 26.7 Å². The quantitative estimate of drug-likeness (QED) is 0.208. The predicted molar refractivity (Wildman–Crippen MR) is 109 cm³/mol. The van der Waals surface area contributed by atoms with Crippen LogP contribution in [0.1, 0.15) is 46.6 Å². The molecule has 138 valence electrons. The van der Waals surface area contributed by atoms with Crippen LogP contribution in [-0.2, 0) is 4.79 Å². The number of benzene rings is 1. The summed E-state index contributed by atoms with van der Waals surface area (Å²) in [6.45, 7) is 20.9. The summed E-state index contributed by atoms with van der Waals surface area (Å²) in [6, 6.07) is 5.44. The minimum Gasteiger partial charge on any atom is -0.397 e. The summed E-state index contributed by atoms with van der Waals surface area (Å²) in [7, 11) is 0. The fourth-order valence-corrected chi connectivity index (χ4v) is 0.865. The summed E-state index contributed by atoms with van der Waals surface area (Å²) in [4.78, 5) is 8.81. The lowest BCUT2D eigenvalue weighted by Gasteiger charge is -1.99. The van der Waals surface area contributed by atoms with Gasteiger partial charge >= 0.3 is 0 Å². The second-order valence-electron chi connectivity index (χ2n) is 3.56. The molecule has 6 N–H and O–H groups in total. The molecule has 0 spiro atoms. The number of amides is 1. The molecule has 0 fully saturated rings. The van der Waals surface area contributed by atoms with E-state index in [4.69, 9.17) is 21.5 Å². The fraction of sp³-hybridized carbons (Fsp3) is 0.316. The molecule has 0 atom stereocenters. The van der Waals surface area contributed by atoms with E-state index in [9.17, 15) is 0 Å². The first-order valence-corrected chi connectivity index (χ1v) is 7.87. The number of hydroxylamine groups is 1. The molecule has 1 amide bonds. The number of carbonyl (C=O) groups is 1. The molecule has 0 saturated heterocycles. The van der Waals surface area contributed by atoms with Crippen LogP contribution in [0.3, 0.4) is 0 Å². The van der Waals surface area contributed by atoms with Gasteiger partial charge in [0.1, 0.15) is 0 Å². The number of allylic oxidation sites excluding steroid dienone is 2. The molecule has 0 saturated carbocycles. The van der Waals surface area contributed by atoms with Crippen molar-refractivity contribution in [3.63, 3.8) is 0 Å². The third-order valence-corrected chi connectivity index (χ3v) is 2.14. The van der Waals surface area contributed by atoms with E-state index in [0.717, 1.165) is 17.6 Å². The lowest BCUT2D eigenvalue weighted by Crippen LogP contribution is -1.99. The van der Waals surface area contributed by atoms with Crippen LogP contribution < -0.4 is 16.9 Å². The second-order valence-corrected chi connectivity index (χ2v) is 3.56. The van der Waals surface area contributed by atoms with Crippen LogP contribution in [0.5, 0.6) is 0 Å². The van der Waals surface area contributed by atoms with E-state index in [1.807, 2.05) is 33.8 Å². The van der Waals surface area contributed by atoms with Crippen molar-refractivity contribution in [3.8, 4) is 0 Å². The number of nitrogens with one attached hydrogen (secondary N) is 1. The summed E-state index contributed by atoms with van der Waals surface area (Å²) in [5, 5.41) is 7.26. The molecule has 0 unspecified atom stereocenters. The van der Waals surface area contributed by atoms with Gasteiger partial charge in [-0.15, -0.1) is 0 Å². The SMILES string of the molecule is C=CC(=C)CC.C=Cc1ccc(N)c(N)c1.CC.CC.O=CNO. The molecule has 0 aliphatic rings. The summed E-state index contributed by atoms with van der Waals surface area (Å²) in [5.74, 6) is 0. The van der Waals surface area contributed by atoms with Crippen molar-refractivity contribution >= 4 is 23.9 Å². The number of carbonyl (C=O) groups excluding carboxylic acids is 1. The Morgan fingerprint density at radius 3 is 1.83 bits per heavy atom. The Balaban J connectivity index is -0.000000123. The fourth-order valence-electron chi connectivity index (χ4n) is 0.865. The van der Waals surface area contributed by atoms with Gasteiger partial charge in [-0.25, -0.2) is 5.48 Å². The first-order chi connectivity index (χ1) is 11.5. The van der Waals surface area contributed by atoms with Crippen LogP contribution in [0.2, 0.25) is 0 Å². The van der Waals surface area contributed by atoms with Crippen molar-refractivity contribution in [3.05, 3.63) is 55.1 Å². The Morgan fingerprint density at radius 2 is 1.62 bits per heavy atom. The highest BCUT2D eigenvalue weighted by atomic mass is 16.5. The van der Waals surface area contributed by atoms with Crippen molar-refractivity contribution < 1.29 is 10.0 Å². The third-order valence-electron chi connectivity index (χ3n) is 2.14. The normalized spacial score (nSPS) is 7.08. The van der Waals surface area contributed by atoms with E-state index < -0.39 is 0 Å². The maximum absolute atomic E-state index is 8.81. The standard InChI is InChI=1S/C8H10N2.C6H10.2C2H6.CH3NO2/c1-2-6-3-4-7(9)8(10)5-6;1-4-6(3)5-2;2*1-2;3-1-2-4/h2-5H,1,9-10H2;4H,1,3,5H2,2H3;2*1-2H3;1,4H,(H,2,3). The van der Waals surface area contributed by atoms with Gasteiger partial charge in [0.05, 0.1) is 11.4 Å². The largest absolute Gasteiger partial charge is 0.397 e. The molecular weight excluding hydrogens is 302 g/mol. The van der Waals surface area contributed by atoms with Crippen LogP contribution in [0.15, 0.2) is 49.6 Å². The Kier molecular flexibility index (Phi) is 31.2. The summed E-state index contributed by atoms with van der Waals surface area (Å²) < 4.78 is 0. The molecule has 1 aromatic rings. The summed E-state index contributed by atoms with van der Waals surface area (Å²) in [6.07, 6.45) is 4.71. The molecule has 1 aromatic carbocycles. The Labute approximate surface area is 147 Å². The van der Waals surface area contributed by atoms with Gasteiger partial charge in [0.15, 0.2) is 0 Å². The summed E-state index contributed by atoms with van der Waals surface area (Å²) >= 11 is 0. The number of nitrogens with two attached hydrogens (primary N) is 2. The van der Waals surface area contributed by atoms with Gasteiger partial charge in [-0.05, 0) is 24.1 Å². The zero-order valence-corrected chi connectivity index (χ0v) is 15.8. The van der Waals surface area contributed by atoms with Gasteiger partial charge in [0.25, 0.3) is 0 Å². The minimum atomic E-state index is 0.181. The number of rotatable bonds is 4. The van der Waals surface area contributed by atoms with Crippen LogP contribution in [-0.4, -0.2) is 11.6 Å². The highest BCUT2D eigenvalue weighted by molar-refractivity contribution is 5.67. The zero-order valence-electron chi connectivity index (χ0n) is 15.8. The van der Waals surface area contributed by atoms with Crippen molar-refractivity contribution in [2.24, 2.45) is 0 Å². The Hall–Kier alpha value is -2.53. The van der Waals surface area contributed by atoms with Gasteiger partial charge in [-0.3, -0.25) is 10.0 Å². The van der Waals surface area contributed by atoms with Gasteiger partial charge in [-0.1, -0.05) is 78.1 Å². The molecule has 0 aromatic heterocycles. The lowest BCUT2D eigenvalue weighted by molar-refractivity contribution is -0.116. The molecule has 0 heterocycles. The maximum atomic E-state index is 8.81. The van der Waals surface area contributed by atoms with E-state index >= 15 is 0 Å². The van der Waals surface area contributed by atoms with Crippen molar-refractivity contribution in [1.82, 2.24) is 5.48 Å². The molecule has 0 aliphatic heterocycles. The van der Waals surface area contributed by atoms with E-state index in [0.29, 0.717) is 11.4 Å². The third kappa shape index (κ3) is 21.8. The van der Waals surface area contributed by atoms with Gasteiger partial charge in [-0.2, -0.15) is 0 Å². The minimum absolute atomic E-state index is 0.181. The highest BCUT2D eigenvalue weighted by Gasteiger charge is 1.91. The topological polar surface area (TPSA) is 101 Å². The van der Waals surface area contributed by atoms with Gasteiger partial charge in [0.2, 0.25) is 6.41 Å².